The van der Waals surface area contributed by atoms with Gasteiger partial charge >= 0.3 is 0 Å². The zero-order valence-electron chi connectivity index (χ0n) is 15.4. The summed E-state index contributed by atoms with van der Waals surface area (Å²) in [5.41, 5.74) is 0. The van der Waals surface area contributed by atoms with Crippen molar-refractivity contribution in [3.8, 4) is 0 Å². The van der Waals surface area contributed by atoms with Crippen molar-refractivity contribution < 1.29 is 9.59 Å². The molecule has 0 rings (SSSR count). The van der Waals surface area contributed by atoms with E-state index in [1.807, 2.05) is 24.6 Å². The first-order valence-electron chi connectivity index (χ1n) is 8.97. The quantitative estimate of drug-likeness (QED) is 0.326. The Morgan fingerprint density at radius 1 is 0.870 bits per heavy atom. The summed E-state index contributed by atoms with van der Waals surface area (Å²) in [6, 6.07) is 0. The summed E-state index contributed by atoms with van der Waals surface area (Å²) in [5, 5.41) is 2.96. The van der Waals surface area contributed by atoms with Crippen molar-refractivity contribution >= 4 is 33.3 Å². The fourth-order valence-corrected chi connectivity index (χ4v) is 4.11. The molecule has 0 spiro atoms. The van der Waals surface area contributed by atoms with Gasteiger partial charge in [0.2, 0.25) is 5.91 Å². The van der Waals surface area contributed by atoms with Crippen molar-refractivity contribution in [1.82, 2.24) is 5.32 Å². The predicted octanol–water partition coefficient (Wildman–Crippen LogP) is 5.10. The molecule has 0 saturated carbocycles. The van der Waals surface area contributed by atoms with Gasteiger partial charge in [-0.05, 0) is 25.2 Å². The van der Waals surface area contributed by atoms with Gasteiger partial charge in [0.15, 0.2) is 0 Å². The molecule has 0 aromatic rings. The van der Waals surface area contributed by atoms with Gasteiger partial charge < -0.3 is 5.32 Å². The zero-order chi connectivity index (χ0) is 17.5. The molecule has 136 valence electrons. The molecule has 0 radical (unpaired) electrons. The van der Waals surface area contributed by atoms with Crippen LogP contribution < -0.4 is 5.32 Å². The number of amides is 1. The number of Topliss-reactive ketones (excluding diaryl/α,β-unsaturated/α-hetero) is 1. The molecule has 0 aliphatic rings. The highest BCUT2D eigenvalue weighted by Crippen LogP contribution is 2.23. The fraction of sp³-hybridized carbons (Fsp3) is 0.889. The smallest absolute Gasteiger partial charge is 0.220 e. The van der Waals surface area contributed by atoms with Gasteiger partial charge in [-0.25, -0.2) is 0 Å². The third-order valence-corrected chi connectivity index (χ3v) is 6.06. The molecular weight excluding hydrogens is 326 g/mol. The second kappa shape index (κ2) is 15.4. The van der Waals surface area contributed by atoms with Crippen LogP contribution in [-0.4, -0.2) is 29.7 Å². The molecule has 0 aliphatic heterocycles. The lowest BCUT2D eigenvalue weighted by Crippen LogP contribution is -2.24. The SMILES string of the molecule is CC(C)CCCSSCCC(=O)NCCCCCC(=O)C(C)C. The van der Waals surface area contributed by atoms with E-state index in [4.69, 9.17) is 0 Å². The second-order valence-corrected chi connectivity index (χ2v) is 9.41. The van der Waals surface area contributed by atoms with Crippen molar-refractivity contribution in [2.45, 2.75) is 72.6 Å². The lowest BCUT2D eigenvalue weighted by Gasteiger charge is -2.06. The van der Waals surface area contributed by atoms with Gasteiger partial charge in [-0.3, -0.25) is 9.59 Å². The lowest BCUT2D eigenvalue weighted by atomic mass is 10.0. The van der Waals surface area contributed by atoms with E-state index in [9.17, 15) is 9.59 Å². The number of ketones is 1. The highest BCUT2D eigenvalue weighted by Gasteiger charge is 2.06. The van der Waals surface area contributed by atoms with Crippen molar-refractivity contribution in [3.63, 3.8) is 0 Å². The normalized spacial score (nSPS) is 11.2. The highest BCUT2D eigenvalue weighted by molar-refractivity contribution is 8.76. The maximum atomic E-state index is 11.7. The van der Waals surface area contributed by atoms with Crippen LogP contribution in [0.2, 0.25) is 0 Å². The third-order valence-electron chi connectivity index (χ3n) is 3.57. The van der Waals surface area contributed by atoms with E-state index in [0.29, 0.717) is 18.6 Å². The van der Waals surface area contributed by atoms with Gasteiger partial charge in [-0.1, -0.05) is 62.1 Å². The Bertz CT molecular complexity index is 320. The first-order chi connectivity index (χ1) is 10.9. The summed E-state index contributed by atoms with van der Waals surface area (Å²) >= 11 is 0. The van der Waals surface area contributed by atoms with E-state index in [-0.39, 0.29) is 11.8 Å². The molecular formula is C18H35NO2S2. The topological polar surface area (TPSA) is 46.2 Å². The van der Waals surface area contributed by atoms with Crippen LogP contribution in [0.5, 0.6) is 0 Å². The molecule has 1 amide bonds. The number of carbonyl (C=O) groups is 2. The predicted molar refractivity (Wildman–Crippen MR) is 105 cm³/mol. The minimum absolute atomic E-state index is 0.149. The molecule has 0 aliphatic carbocycles. The molecule has 23 heavy (non-hydrogen) atoms. The average Bonchev–Trinajstić information content (AvgIpc) is 2.49. The summed E-state index contributed by atoms with van der Waals surface area (Å²) < 4.78 is 0. The molecule has 0 heterocycles. The minimum atomic E-state index is 0.149. The molecule has 3 nitrogen and oxygen atoms in total. The van der Waals surface area contributed by atoms with Crippen molar-refractivity contribution in [2.75, 3.05) is 18.1 Å². The van der Waals surface area contributed by atoms with Crippen LogP contribution in [0.1, 0.15) is 72.6 Å². The van der Waals surface area contributed by atoms with Crippen molar-refractivity contribution in [2.24, 2.45) is 11.8 Å². The summed E-state index contributed by atoms with van der Waals surface area (Å²) in [5.74, 6) is 3.50. The standard InChI is InChI=1S/C18H35NO2S2/c1-15(2)9-8-13-22-23-14-11-18(21)19-12-7-5-6-10-17(20)16(3)4/h15-16H,5-14H2,1-4H3,(H,19,21). The monoisotopic (exact) mass is 361 g/mol. The zero-order valence-corrected chi connectivity index (χ0v) is 17.0. The van der Waals surface area contributed by atoms with Gasteiger partial charge in [0.05, 0.1) is 0 Å². The van der Waals surface area contributed by atoms with Crippen molar-refractivity contribution in [1.29, 1.82) is 0 Å². The Hall–Kier alpha value is -0.160. The maximum absolute atomic E-state index is 11.7. The third kappa shape index (κ3) is 16.5. The maximum Gasteiger partial charge on any atom is 0.220 e. The molecule has 0 bridgehead atoms. The molecule has 1 N–H and O–H groups in total. The summed E-state index contributed by atoms with van der Waals surface area (Å²) in [4.78, 5) is 23.1. The molecule has 0 unspecified atom stereocenters. The Kier molecular flexibility index (Phi) is 15.3. The average molecular weight is 362 g/mol. The molecule has 0 atom stereocenters. The van der Waals surface area contributed by atoms with E-state index < -0.39 is 0 Å². The summed E-state index contributed by atoms with van der Waals surface area (Å²) in [6.07, 6.45) is 6.75. The lowest BCUT2D eigenvalue weighted by molar-refractivity contribution is -0.122. The van der Waals surface area contributed by atoms with Gasteiger partial charge in [-0.15, -0.1) is 0 Å². The molecule has 0 saturated heterocycles. The Morgan fingerprint density at radius 3 is 2.22 bits per heavy atom. The van der Waals surface area contributed by atoms with Crippen LogP contribution >= 0.6 is 21.6 Å². The van der Waals surface area contributed by atoms with E-state index in [2.05, 4.69) is 19.2 Å². The van der Waals surface area contributed by atoms with Gasteiger partial charge in [-0.2, -0.15) is 0 Å². The van der Waals surface area contributed by atoms with E-state index in [1.165, 1.54) is 18.6 Å². The number of hydrogen-bond acceptors (Lipinski definition) is 4. The second-order valence-electron chi connectivity index (χ2n) is 6.71. The van der Waals surface area contributed by atoms with Crippen LogP contribution in [0, 0.1) is 11.8 Å². The van der Waals surface area contributed by atoms with Crippen LogP contribution in [0.3, 0.4) is 0 Å². The Morgan fingerprint density at radius 2 is 1.57 bits per heavy atom. The van der Waals surface area contributed by atoms with Crippen LogP contribution in [-0.2, 0) is 9.59 Å². The molecule has 0 aromatic carbocycles. The van der Waals surface area contributed by atoms with Gasteiger partial charge in [0.25, 0.3) is 0 Å². The first-order valence-corrected chi connectivity index (χ1v) is 11.5. The first kappa shape index (κ1) is 22.8. The number of unbranched alkanes of at least 4 members (excludes halogenated alkanes) is 2. The number of nitrogens with one attached hydrogen (secondary N) is 1. The number of carbonyl (C=O) groups excluding carboxylic acids is 2. The van der Waals surface area contributed by atoms with Crippen LogP contribution in [0.4, 0.5) is 0 Å². The summed E-state index contributed by atoms with van der Waals surface area (Å²) in [6.45, 7) is 9.14. The highest BCUT2D eigenvalue weighted by atomic mass is 33.1. The summed E-state index contributed by atoms with van der Waals surface area (Å²) in [7, 11) is 3.69. The molecule has 0 fully saturated rings. The Labute approximate surface area is 150 Å². The number of hydrogen-bond donors (Lipinski definition) is 1. The largest absolute Gasteiger partial charge is 0.356 e. The van der Waals surface area contributed by atoms with Gasteiger partial charge in [0, 0.05) is 36.8 Å². The molecule has 0 aromatic heterocycles. The van der Waals surface area contributed by atoms with Gasteiger partial charge in [0.1, 0.15) is 5.78 Å². The van der Waals surface area contributed by atoms with E-state index in [1.54, 1.807) is 10.8 Å². The number of rotatable bonds is 15. The van der Waals surface area contributed by atoms with E-state index in [0.717, 1.165) is 37.5 Å². The fourth-order valence-electron chi connectivity index (χ4n) is 2.01. The van der Waals surface area contributed by atoms with Crippen molar-refractivity contribution in [3.05, 3.63) is 0 Å². The molecule has 5 heteroatoms. The minimum Gasteiger partial charge on any atom is -0.356 e. The van der Waals surface area contributed by atoms with Crippen LogP contribution in [0.15, 0.2) is 0 Å². The van der Waals surface area contributed by atoms with Crippen LogP contribution in [0.25, 0.3) is 0 Å². The Balaban J connectivity index is 3.30. The van der Waals surface area contributed by atoms with E-state index >= 15 is 0 Å².